The monoisotopic (exact) mass is 235 g/mol. The van der Waals surface area contributed by atoms with Crippen molar-refractivity contribution in [1.29, 1.82) is 0 Å². The molecular formula is C15H22FN. The first-order valence-electron chi connectivity index (χ1n) is 6.63. The van der Waals surface area contributed by atoms with Crippen molar-refractivity contribution in [1.82, 2.24) is 5.32 Å². The molecule has 1 aliphatic rings. The first kappa shape index (κ1) is 12.6. The highest BCUT2D eigenvalue weighted by molar-refractivity contribution is 5.27. The van der Waals surface area contributed by atoms with E-state index in [1.165, 1.54) is 18.4 Å². The first-order valence-corrected chi connectivity index (χ1v) is 6.63. The fourth-order valence-corrected chi connectivity index (χ4v) is 3.03. The zero-order valence-electron chi connectivity index (χ0n) is 11.0. The lowest BCUT2D eigenvalue weighted by Crippen LogP contribution is -2.32. The lowest BCUT2D eigenvalue weighted by Gasteiger charge is -2.22. The Morgan fingerprint density at radius 2 is 2.12 bits per heavy atom. The van der Waals surface area contributed by atoms with Gasteiger partial charge in [0.2, 0.25) is 0 Å². The molecule has 1 aromatic carbocycles. The van der Waals surface area contributed by atoms with Gasteiger partial charge in [-0.05, 0) is 55.3 Å². The molecule has 0 bridgehead atoms. The van der Waals surface area contributed by atoms with Gasteiger partial charge < -0.3 is 5.32 Å². The number of halogens is 1. The Balaban J connectivity index is 2.15. The van der Waals surface area contributed by atoms with Crippen LogP contribution < -0.4 is 5.32 Å². The quantitative estimate of drug-likeness (QED) is 0.843. The van der Waals surface area contributed by atoms with Gasteiger partial charge in [-0.25, -0.2) is 4.39 Å². The predicted octanol–water partition coefficient (Wildman–Crippen LogP) is 3.63. The van der Waals surface area contributed by atoms with Crippen LogP contribution in [-0.2, 0) is 0 Å². The van der Waals surface area contributed by atoms with Gasteiger partial charge in [-0.2, -0.15) is 0 Å². The SMILES string of the molecule is CCNC1CCC(c2ccc(C)c(F)c2)C1C. The number of benzene rings is 1. The molecule has 17 heavy (non-hydrogen) atoms. The smallest absolute Gasteiger partial charge is 0.126 e. The molecule has 0 radical (unpaired) electrons. The lowest BCUT2D eigenvalue weighted by atomic mass is 9.88. The number of rotatable bonds is 3. The molecule has 0 aliphatic heterocycles. The number of hydrogen-bond donors (Lipinski definition) is 1. The molecular weight excluding hydrogens is 213 g/mol. The van der Waals surface area contributed by atoms with E-state index >= 15 is 0 Å². The van der Waals surface area contributed by atoms with E-state index in [0.717, 1.165) is 12.1 Å². The maximum Gasteiger partial charge on any atom is 0.126 e. The fraction of sp³-hybridized carbons (Fsp3) is 0.600. The Bertz CT molecular complexity index is 389. The molecule has 1 saturated carbocycles. The molecule has 3 atom stereocenters. The Labute approximate surface area is 103 Å². The summed E-state index contributed by atoms with van der Waals surface area (Å²) in [5, 5.41) is 3.53. The molecule has 0 spiro atoms. The van der Waals surface area contributed by atoms with E-state index in [0.29, 0.717) is 17.9 Å². The Hall–Kier alpha value is -0.890. The second-order valence-electron chi connectivity index (χ2n) is 5.22. The minimum Gasteiger partial charge on any atom is -0.314 e. The molecule has 2 rings (SSSR count). The van der Waals surface area contributed by atoms with Gasteiger partial charge in [0, 0.05) is 6.04 Å². The zero-order chi connectivity index (χ0) is 12.4. The lowest BCUT2D eigenvalue weighted by molar-refractivity contribution is 0.411. The summed E-state index contributed by atoms with van der Waals surface area (Å²) < 4.78 is 13.6. The highest BCUT2D eigenvalue weighted by Crippen LogP contribution is 2.39. The zero-order valence-corrected chi connectivity index (χ0v) is 11.0. The summed E-state index contributed by atoms with van der Waals surface area (Å²) in [6, 6.07) is 6.31. The van der Waals surface area contributed by atoms with Crippen LogP contribution in [0.15, 0.2) is 18.2 Å². The normalized spacial score (nSPS) is 28.6. The third-order valence-corrected chi connectivity index (χ3v) is 4.15. The number of nitrogens with one attached hydrogen (secondary N) is 1. The molecule has 2 heteroatoms. The van der Waals surface area contributed by atoms with Gasteiger partial charge in [0.25, 0.3) is 0 Å². The standard InChI is InChI=1S/C15H22FN/c1-4-17-15-8-7-13(11(15)3)12-6-5-10(2)14(16)9-12/h5-6,9,11,13,15,17H,4,7-8H2,1-3H3. The summed E-state index contributed by atoms with van der Waals surface area (Å²) >= 11 is 0. The van der Waals surface area contributed by atoms with Crippen molar-refractivity contribution in [3.8, 4) is 0 Å². The van der Waals surface area contributed by atoms with E-state index in [-0.39, 0.29) is 5.82 Å². The van der Waals surface area contributed by atoms with Gasteiger partial charge in [-0.3, -0.25) is 0 Å². The van der Waals surface area contributed by atoms with Crippen LogP contribution in [0.4, 0.5) is 4.39 Å². The highest BCUT2D eigenvalue weighted by Gasteiger charge is 2.33. The summed E-state index contributed by atoms with van der Waals surface area (Å²) in [6.07, 6.45) is 2.37. The van der Waals surface area contributed by atoms with Crippen molar-refractivity contribution in [2.45, 2.75) is 45.6 Å². The van der Waals surface area contributed by atoms with Crippen LogP contribution >= 0.6 is 0 Å². The van der Waals surface area contributed by atoms with Crippen LogP contribution in [0.5, 0.6) is 0 Å². The van der Waals surface area contributed by atoms with Gasteiger partial charge in [0.1, 0.15) is 5.82 Å². The molecule has 0 aromatic heterocycles. The number of hydrogen-bond acceptors (Lipinski definition) is 1. The van der Waals surface area contributed by atoms with E-state index in [4.69, 9.17) is 0 Å². The summed E-state index contributed by atoms with van der Waals surface area (Å²) in [6.45, 7) is 7.26. The maximum absolute atomic E-state index is 13.6. The molecule has 1 nitrogen and oxygen atoms in total. The molecule has 1 fully saturated rings. The molecule has 1 aliphatic carbocycles. The maximum atomic E-state index is 13.6. The minimum atomic E-state index is -0.0680. The summed E-state index contributed by atoms with van der Waals surface area (Å²) in [5.41, 5.74) is 1.91. The Morgan fingerprint density at radius 1 is 1.35 bits per heavy atom. The molecule has 0 saturated heterocycles. The van der Waals surface area contributed by atoms with E-state index < -0.39 is 0 Å². The van der Waals surface area contributed by atoms with Crippen molar-refractivity contribution in [2.75, 3.05) is 6.54 Å². The number of aryl methyl sites for hydroxylation is 1. The van der Waals surface area contributed by atoms with Gasteiger partial charge in [0.15, 0.2) is 0 Å². The van der Waals surface area contributed by atoms with Gasteiger partial charge in [-0.1, -0.05) is 26.0 Å². The van der Waals surface area contributed by atoms with Crippen molar-refractivity contribution in [3.63, 3.8) is 0 Å². The third kappa shape index (κ3) is 2.52. The van der Waals surface area contributed by atoms with Gasteiger partial charge in [0.05, 0.1) is 0 Å². The molecule has 0 amide bonds. The molecule has 1 aromatic rings. The van der Waals surface area contributed by atoms with E-state index in [1.54, 1.807) is 6.07 Å². The predicted molar refractivity (Wildman–Crippen MR) is 69.7 cm³/mol. The Morgan fingerprint density at radius 3 is 2.76 bits per heavy atom. The van der Waals surface area contributed by atoms with Crippen LogP contribution in [0.1, 0.15) is 43.7 Å². The summed E-state index contributed by atoms with van der Waals surface area (Å²) in [5.74, 6) is 1.04. The average molecular weight is 235 g/mol. The van der Waals surface area contributed by atoms with Crippen LogP contribution in [0.3, 0.4) is 0 Å². The summed E-state index contributed by atoms with van der Waals surface area (Å²) in [7, 11) is 0. The Kier molecular flexibility index (Phi) is 3.82. The third-order valence-electron chi connectivity index (χ3n) is 4.15. The molecule has 1 N–H and O–H groups in total. The fourth-order valence-electron chi connectivity index (χ4n) is 3.03. The second kappa shape index (κ2) is 5.18. The van der Waals surface area contributed by atoms with Crippen LogP contribution in [-0.4, -0.2) is 12.6 Å². The van der Waals surface area contributed by atoms with E-state index in [2.05, 4.69) is 25.2 Å². The van der Waals surface area contributed by atoms with Crippen LogP contribution in [0, 0.1) is 18.7 Å². The molecule has 3 unspecified atom stereocenters. The van der Waals surface area contributed by atoms with Crippen LogP contribution in [0.25, 0.3) is 0 Å². The minimum absolute atomic E-state index is 0.0680. The van der Waals surface area contributed by atoms with E-state index in [9.17, 15) is 4.39 Å². The van der Waals surface area contributed by atoms with Crippen molar-refractivity contribution < 1.29 is 4.39 Å². The first-order chi connectivity index (χ1) is 8.13. The van der Waals surface area contributed by atoms with Crippen molar-refractivity contribution in [2.24, 2.45) is 5.92 Å². The average Bonchev–Trinajstić information content (AvgIpc) is 2.66. The largest absolute Gasteiger partial charge is 0.314 e. The summed E-state index contributed by atoms with van der Waals surface area (Å²) in [4.78, 5) is 0. The van der Waals surface area contributed by atoms with Crippen molar-refractivity contribution in [3.05, 3.63) is 35.1 Å². The van der Waals surface area contributed by atoms with Gasteiger partial charge >= 0.3 is 0 Å². The van der Waals surface area contributed by atoms with Gasteiger partial charge in [-0.15, -0.1) is 0 Å². The van der Waals surface area contributed by atoms with Crippen molar-refractivity contribution >= 4 is 0 Å². The highest BCUT2D eigenvalue weighted by atomic mass is 19.1. The molecule has 94 valence electrons. The second-order valence-corrected chi connectivity index (χ2v) is 5.22. The van der Waals surface area contributed by atoms with E-state index in [1.807, 2.05) is 13.0 Å². The molecule has 0 heterocycles. The van der Waals surface area contributed by atoms with Crippen LogP contribution in [0.2, 0.25) is 0 Å². The topological polar surface area (TPSA) is 12.0 Å².